The topological polar surface area (TPSA) is 51.6 Å². The van der Waals surface area contributed by atoms with Crippen LogP contribution in [0.1, 0.15) is 0 Å². The first kappa shape index (κ1) is 17.1. The number of aromatic nitrogens is 4. The van der Waals surface area contributed by atoms with Gasteiger partial charge in [0.1, 0.15) is 0 Å². The number of hydrogen-bond donors (Lipinski definition) is 0. The van der Waals surface area contributed by atoms with Gasteiger partial charge in [-0.15, -0.1) is 0 Å². The van der Waals surface area contributed by atoms with Crippen LogP contribution >= 0.6 is 46.4 Å². The lowest BCUT2D eigenvalue weighted by Crippen LogP contribution is -1.85. The van der Waals surface area contributed by atoms with Crippen molar-refractivity contribution in [3.05, 3.63) is 69.1 Å². The normalized spacial score (nSPS) is 10.5. The minimum absolute atomic E-state index is 0.246. The van der Waals surface area contributed by atoms with Crippen LogP contribution in [-0.2, 0) is 0 Å². The van der Waals surface area contributed by atoms with Crippen molar-refractivity contribution in [2.24, 2.45) is 0 Å². The SMILES string of the molecule is Clc1nc2ccccc2nc1Cl.Clc1nc2ccccc2nc1Cl. The Morgan fingerprint density at radius 3 is 0.833 bits per heavy atom. The molecule has 120 valence electrons. The monoisotopic (exact) mass is 396 g/mol. The molecule has 4 aromatic rings. The molecule has 8 heteroatoms. The van der Waals surface area contributed by atoms with E-state index in [2.05, 4.69) is 19.9 Å². The molecule has 2 aromatic carbocycles. The molecule has 4 rings (SSSR count). The lowest BCUT2D eigenvalue weighted by Gasteiger charge is -1.97. The highest BCUT2D eigenvalue weighted by Gasteiger charge is 2.03. The number of para-hydroxylation sites is 4. The standard InChI is InChI=1S/2C8H4Cl2N2/c2*9-7-8(10)12-6-4-2-1-3-5(6)11-7/h2*1-4H. The third-order valence-electron chi connectivity index (χ3n) is 2.98. The van der Waals surface area contributed by atoms with E-state index < -0.39 is 0 Å². The largest absolute Gasteiger partial charge is 0.231 e. The second-order valence-corrected chi connectivity index (χ2v) is 6.02. The lowest BCUT2D eigenvalue weighted by molar-refractivity contribution is 1.29. The van der Waals surface area contributed by atoms with E-state index in [1.54, 1.807) is 0 Å². The Hall–Kier alpha value is -1.72. The molecule has 0 N–H and O–H groups in total. The van der Waals surface area contributed by atoms with Crippen molar-refractivity contribution in [1.82, 2.24) is 19.9 Å². The summed E-state index contributed by atoms with van der Waals surface area (Å²) >= 11 is 22.7. The molecular formula is C16H8Cl4N4. The summed E-state index contributed by atoms with van der Waals surface area (Å²) in [5.74, 6) is 0. The Morgan fingerprint density at radius 1 is 0.417 bits per heavy atom. The van der Waals surface area contributed by atoms with Gasteiger partial charge in [0.25, 0.3) is 0 Å². The van der Waals surface area contributed by atoms with Crippen molar-refractivity contribution in [2.75, 3.05) is 0 Å². The first-order chi connectivity index (χ1) is 11.5. The molecule has 0 saturated heterocycles. The second-order valence-electron chi connectivity index (χ2n) is 4.59. The van der Waals surface area contributed by atoms with Crippen molar-refractivity contribution in [1.29, 1.82) is 0 Å². The van der Waals surface area contributed by atoms with Crippen molar-refractivity contribution in [3.8, 4) is 0 Å². The van der Waals surface area contributed by atoms with E-state index in [0.29, 0.717) is 0 Å². The van der Waals surface area contributed by atoms with E-state index in [9.17, 15) is 0 Å². The first-order valence-electron chi connectivity index (χ1n) is 6.70. The van der Waals surface area contributed by atoms with Gasteiger partial charge in [-0.05, 0) is 24.3 Å². The highest BCUT2D eigenvalue weighted by molar-refractivity contribution is 6.41. The molecule has 0 amide bonds. The Bertz CT molecular complexity index is 859. The molecule has 0 spiro atoms. The average Bonchev–Trinajstić information content (AvgIpc) is 2.57. The van der Waals surface area contributed by atoms with Crippen LogP contribution in [-0.4, -0.2) is 19.9 Å². The molecule has 0 atom stereocenters. The second kappa shape index (κ2) is 7.45. The number of hydrogen-bond acceptors (Lipinski definition) is 4. The molecule has 2 heterocycles. The van der Waals surface area contributed by atoms with Crippen LogP contribution in [0.25, 0.3) is 22.1 Å². The maximum atomic E-state index is 5.68. The zero-order valence-electron chi connectivity index (χ0n) is 11.9. The fourth-order valence-corrected chi connectivity index (χ4v) is 2.45. The fourth-order valence-electron chi connectivity index (χ4n) is 1.91. The van der Waals surface area contributed by atoms with E-state index in [4.69, 9.17) is 46.4 Å². The molecule has 2 aromatic heterocycles. The summed E-state index contributed by atoms with van der Waals surface area (Å²) in [6.45, 7) is 0. The zero-order valence-corrected chi connectivity index (χ0v) is 14.9. The van der Waals surface area contributed by atoms with Gasteiger partial charge < -0.3 is 0 Å². The third kappa shape index (κ3) is 3.84. The Labute approximate surface area is 157 Å². The number of benzene rings is 2. The predicted molar refractivity (Wildman–Crippen MR) is 99.1 cm³/mol. The molecule has 0 aliphatic carbocycles. The summed E-state index contributed by atoms with van der Waals surface area (Å²) < 4.78 is 0. The van der Waals surface area contributed by atoms with Gasteiger partial charge in [0.15, 0.2) is 20.6 Å². The molecule has 4 nitrogen and oxygen atoms in total. The van der Waals surface area contributed by atoms with Gasteiger partial charge in [0.05, 0.1) is 22.1 Å². The summed E-state index contributed by atoms with van der Waals surface area (Å²) in [4.78, 5) is 16.2. The van der Waals surface area contributed by atoms with Crippen molar-refractivity contribution in [3.63, 3.8) is 0 Å². The van der Waals surface area contributed by atoms with Gasteiger partial charge in [-0.2, -0.15) is 0 Å². The van der Waals surface area contributed by atoms with E-state index in [1.807, 2.05) is 48.5 Å². The highest BCUT2D eigenvalue weighted by atomic mass is 35.5. The average molecular weight is 398 g/mol. The van der Waals surface area contributed by atoms with Crippen LogP contribution in [0.15, 0.2) is 48.5 Å². The summed E-state index contributed by atoms with van der Waals surface area (Å²) in [6.07, 6.45) is 0. The smallest absolute Gasteiger partial charge is 0.167 e. The first-order valence-corrected chi connectivity index (χ1v) is 8.21. The minimum atomic E-state index is 0.246. The lowest BCUT2D eigenvalue weighted by atomic mass is 10.3. The summed E-state index contributed by atoms with van der Waals surface area (Å²) in [6, 6.07) is 14.9. The van der Waals surface area contributed by atoms with Gasteiger partial charge in [0, 0.05) is 0 Å². The minimum Gasteiger partial charge on any atom is -0.231 e. The Balaban J connectivity index is 0.000000141. The quantitative estimate of drug-likeness (QED) is 0.372. The van der Waals surface area contributed by atoms with Gasteiger partial charge >= 0.3 is 0 Å². The molecule has 24 heavy (non-hydrogen) atoms. The van der Waals surface area contributed by atoms with Crippen LogP contribution in [0.2, 0.25) is 20.6 Å². The highest BCUT2D eigenvalue weighted by Crippen LogP contribution is 2.21. The zero-order chi connectivity index (χ0) is 17.1. The van der Waals surface area contributed by atoms with Gasteiger partial charge in [0.2, 0.25) is 0 Å². The number of nitrogens with zero attached hydrogens (tertiary/aromatic N) is 4. The number of rotatable bonds is 0. The summed E-state index contributed by atoms with van der Waals surface area (Å²) in [7, 11) is 0. The molecule has 0 aliphatic rings. The van der Waals surface area contributed by atoms with Gasteiger partial charge in [-0.3, -0.25) is 0 Å². The van der Waals surface area contributed by atoms with Crippen molar-refractivity contribution < 1.29 is 0 Å². The van der Waals surface area contributed by atoms with Gasteiger partial charge in [-0.1, -0.05) is 70.7 Å². The number of halogens is 4. The molecule has 0 bridgehead atoms. The van der Waals surface area contributed by atoms with Crippen LogP contribution in [0.3, 0.4) is 0 Å². The molecule has 0 fully saturated rings. The molecule has 0 saturated carbocycles. The maximum absolute atomic E-state index is 5.68. The van der Waals surface area contributed by atoms with Crippen LogP contribution in [0.5, 0.6) is 0 Å². The van der Waals surface area contributed by atoms with Crippen LogP contribution < -0.4 is 0 Å². The van der Waals surface area contributed by atoms with E-state index in [-0.39, 0.29) is 20.6 Å². The maximum Gasteiger partial charge on any atom is 0.167 e. The summed E-state index contributed by atoms with van der Waals surface area (Å²) in [5.41, 5.74) is 3.03. The third-order valence-corrected chi connectivity index (χ3v) is 4.23. The van der Waals surface area contributed by atoms with Crippen molar-refractivity contribution >= 4 is 68.5 Å². The van der Waals surface area contributed by atoms with Crippen LogP contribution in [0, 0.1) is 0 Å². The van der Waals surface area contributed by atoms with E-state index in [0.717, 1.165) is 22.1 Å². The molecular weight excluding hydrogens is 390 g/mol. The van der Waals surface area contributed by atoms with Crippen LogP contribution in [0.4, 0.5) is 0 Å². The Kier molecular flexibility index (Phi) is 5.31. The summed E-state index contributed by atoms with van der Waals surface area (Å²) in [5, 5.41) is 0.983. The molecule has 0 radical (unpaired) electrons. The van der Waals surface area contributed by atoms with E-state index in [1.165, 1.54) is 0 Å². The molecule has 0 unspecified atom stereocenters. The van der Waals surface area contributed by atoms with Crippen molar-refractivity contribution in [2.45, 2.75) is 0 Å². The number of fused-ring (bicyclic) bond motifs is 2. The fraction of sp³-hybridized carbons (Fsp3) is 0. The molecule has 0 aliphatic heterocycles. The van der Waals surface area contributed by atoms with Gasteiger partial charge in [-0.25, -0.2) is 19.9 Å². The predicted octanol–water partition coefficient (Wildman–Crippen LogP) is 5.87. The Morgan fingerprint density at radius 2 is 0.625 bits per heavy atom. The van der Waals surface area contributed by atoms with E-state index >= 15 is 0 Å².